The summed E-state index contributed by atoms with van der Waals surface area (Å²) in [7, 11) is 1.68. The molecule has 0 amide bonds. The van der Waals surface area contributed by atoms with Crippen molar-refractivity contribution in [2.45, 2.75) is 17.9 Å². The number of anilines is 1. The molecule has 1 unspecified atom stereocenters. The van der Waals surface area contributed by atoms with Gasteiger partial charge in [0.2, 0.25) is 0 Å². The molecule has 2 aromatic rings. The molecule has 0 aromatic heterocycles. The molecule has 0 saturated carbocycles. The molecule has 0 aliphatic rings. The van der Waals surface area contributed by atoms with Crippen LogP contribution in [-0.4, -0.2) is 12.9 Å². The predicted molar refractivity (Wildman–Crippen MR) is 92.4 cm³/mol. The smallest absolute Gasteiger partial charge is 0.118 e. The van der Waals surface area contributed by atoms with Crippen LogP contribution in [0, 0.1) is 0 Å². The average Bonchev–Trinajstić information content (AvgIpc) is 2.54. The number of hydrogen-bond donors (Lipinski definition) is 1. The van der Waals surface area contributed by atoms with E-state index < -0.39 is 0 Å². The van der Waals surface area contributed by atoms with Crippen LogP contribution in [0.1, 0.15) is 18.5 Å². The van der Waals surface area contributed by atoms with E-state index >= 15 is 0 Å². The highest BCUT2D eigenvalue weighted by molar-refractivity contribution is 7.99. The number of ether oxygens (including phenoxy) is 1. The zero-order valence-electron chi connectivity index (χ0n) is 12.5. The molecule has 3 heteroatoms. The highest BCUT2D eigenvalue weighted by atomic mass is 32.2. The highest BCUT2D eigenvalue weighted by Gasteiger charge is 2.08. The number of para-hydroxylation sites is 1. The fraction of sp³-hybridized carbons (Fsp3) is 0.222. The van der Waals surface area contributed by atoms with Gasteiger partial charge in [-0.2, -0.15) is 0 Å². The Morgan fingerprint density at radius 1 is 1.19 bits per heavy atom. The second-order valence-corrected chi connectivity index (χ2v) is 5.80. The van der Waals surface area contributed by atoms with E-state index in [1.807, 2.05) is 18.2 Å². The summed E-state index contributed by atoms with van der Waals surface area (Å²) in [5, 5.41) is 3.58. The van der Waals surface area contributed by atoms with Crippen LogP contribution in [0.15, 0.2) is 66.1 Å². The lowest BCUT2D eigenvalue weighted by Gasteiger charge is -2.18. The summed E-state index contributed by atoms with van der Waals surface area (Å²) in [6.07, 6.45) is 1.92. The lowest BCUT2D eigenvalue weighted by atomic mass is 10.1. The van der Waals surface area contributed by atoms with Crippen LogP contribution >= 0.6 is 11.8 Å². The molecule has 0 spiro atoms. The van der Waals surface area contributed by atoms with Crippen LogP contribution in [0.3, 0.4) is 0 Å². The molecule has 1 N–H and O–H groups in total. The molecule has 0 aliphatic heterocycles. The van der Waals surface area contributed by atoms with Gasteiger partial charge in [-0.3, -0.25) is 0 Å². The summed E-state index contributed by atoms with van der Waals surface area (Å²) in [4.78, 5) is 1.25. The number of nitrogens with one attached hydrogen (secondary N) is 1. The molecule has 0 fully saturated rings. The minimum absolute atomic E-state index is 0.237. The van der Waals surface area contributed by atoms with E-state index in [9.17, 15) is 0 Å². The monoisotopic (exact) mass is 299 g/mol. The third-order valence-corrected chi connectivity index (χ3v) is 4.30. The largest absolute Gasteiger partial charge is 0.497 e. The Morgan fingerprint density at radius 2 is 1.90 bits per heavy atom. The summed E-state index contributed by atoms with van der Waals surface area (Å²) < 4.78 is 5.20. The SMILES string of the molecule is C=CCSc1ccccc1NC(C)c1ccc(OC)cc1. The summed E-state index contributed by atoms with van der Waals surface area (Å²) in [6.45, 7) is 5.94. The number of hydrogen-bond acceptors (Lipinski definition) is 3. The van der Waals surface area contributed by atoms with Crippen molar-refractivity contribution in [1.82, 2.24) is 0 Å². The van der Waals surface area contributed by atoms with Crippen LogP contribution in [0.5, 0.6) is 5.75 Å². The fourth-order valence-corrected chi connectivity index (χ4v) is 2.82. The first-order valence-electron chi connectivity index (χ1n) is 6.98. The Hall–Kier alpha value is -1.87. The van der Waals surface area contributed by atoms with Gasteiger partial charge in [0.15, 0.2) is 0 Å². The van der Waals surface area contributed by atoms with E-state index in [0.717, 1.165) is 17.2 Å². The maximum atomic E-state index is 5.20. The quantitative estimate of drug-likeness (QED) is 0.564. The molecule has 21 heavy (non-hydrogen) atoms. The molecular formula is C18H21NOS. The Bertz CT molecular complexity index is 580. The second-order valence-electron chi connectivity index (χ2n) is 4.74. The molecule has 2 rings (SSSR count). The van der Waals surface area contributed by atoms with E-state index in [1.54, 1.807) is 18.9 Å². The van der Waals surface area contributed by atoms with Crippen LogP contribution in [0.25, 0.3) is 0 Å². The molecule has 2 nitrogen and oxygen atoms in total. The topological polar surface area (TPSA) is 21.3 Å². The van der Waals surface area contributed by atoms with Gasteiger partial charge in [-0.25, -0.2) is 0 Å². The minimum atomic E-state index is 0.237. The molecule has 0 aliphatic carbocycles. The normalized spacial score (nSPS) is 11.7. The summed E-state index contributed by atoms with van der Waals surface area (Å²) in [6, 6.07) is 16.8. The van der Waals surface area contributed by atoms with Gasteiger partial charge < -0.3 is 10.1 Å². The number of methoxy groups -OCH3 is 1. The second kappa shape index (κ2) is 7.79. The maximum Gasteiger partial charge on any atom is 0.118 e. The van der Waals surface area contributed by atoms with Gasteiger partial charge in [-0.05, 0) is 36.8 Å². The summed E-state index contributed by atoms with van der Waals surface area (Å²) in [5.74, 6) is 1.79. The van der Waals surface area contributed by atoms with Gasteiger partial charge in [0.1, 0.15) is 5.75 Å². The number of rotatable bonds is 7. The predicted octanol–water partition coefficient (Wildman–Crippen LogP) is 5.15. The van der Waals surface area contributed by atoms with E-state index in [0.29, 0.717) is 0 Å². The average molecular weight is 299 g/mol. The van der Waals surface area contributed by atoms with E-state index in [4.69, 9.17) is 4.74 Å². The van der Waals surface area contributed by atoms with E-state index in [1.165, 1.54) is 10.5 Å². The standard InChI is InChI=1S/C18H21NOS/c1-4-13-21-18-8-6-5-7-17(18)19-14(2)15-9-11-16(20-3)12-10-15/h4-12,14,19H,1,13H2,2-3H3. The van der Waals surface area contributed by atoms with Crippen molar-refractivity contribution in [3.8, 4) is 5.75 Å². The lowest BCUT2D eigenvalue weighted by Crippen LogP contribution is -2.07. The van der Waals surface area contributed by atoms with Crippen molar-refractivity contribution >= 4 is 17.4 Å². The van der Waals surface area contributed by atoms with E-state index in [2.05, 4.69) is 55.2 Å². The molecular weight excluding hydrogens is 278 g/mol. The molecule has 0 radical (unpaired) electrons. The maximum absolute atomic E-state index is 5.20. The Morgan fingerprint density at radius 3 is 2.57 bits per heavy atom. The van der Waals surface area contributed by atoms with Gasteiger partial charge in [0.25, 0.3) is 0 Å². The molecule has 1 atom stereocenters. The zero-order valence-corrected chi connectivity index (χ0v) is 13.3. The van der Waals surface area contributed by atoms with Crippen LogP contribution in [0.2, 0.25) is 0 Å². The molecule has 0 saturated heterocycles. The first-order valence-corrected chi connectivity index (χ1v) is 7.96. The van der Waals surface area contributed by atoms with Crippen molar-refractivity contribution in [3.05, 3.63) is 66.7 Å². The third kappa shape index (κ3) is 4.30. The zero-order chi connectivity index (χ0) is 15.1. The van der Waals surface area contributed by atoms with Crippen molar-refractivity contribution in [2.24, 2.45) is 0 Å². The molecule has 2 aromatic carbocycles. The van der Waals surface area contributed by atoms with Gasteiger partial charge >= 0.3 is 0 Å². The third-order valence-electron chi connectivity index (χ3n) is 3.23. The summed E-state index contributed by atoms with van der Waals surface area (Å²) in [5.41, 5.74) is 2.40. The molecule has 110 valence electrons. The summed E-state index contributed by atoms with van der Waals surface area (Å²) >= 11 is 1.79. The Balaban J connectivity index is 2.10. The first-order chi connectivity index (χ1) is 10.2. The van der Waals surface area contributed by atoms with Gasteiger partial charge in [-0.1, -0.05) is 30.3 Å². The fourth-order valence-electron chi connectivity index (χ4n) is 2.07. The van der Waals surface area contributed by atoms with Crippen molar-refractivity contribution < 1.29 is 4.74 Å². The van der Waals surface area contributed by atoms with Gasteiger partial charge in [-0.15, -0.1) is 18.3 Å². The van der Waals surface area contributed by atoms with Crippen molar-refractivity contribution in [2.75, 3.05) is 18.2 Å². The number of benzene rings is 2. The van der Waals surface area contributed by atoms with E-state index in [-0.39, 0.29) is 6.04 Å². The minimum Gasteiger partial charge on any atom is -0.497 e. The Labute approximate surface area is 131 Å². The lowest BCUT2D eigenvalue weighted by molar-refractivity contribution is 0.414. The first kappa shape index (κ1) is 15.5. The van der Waals surface area contributed by atoms with Crippen molar-refractivity contribution in [3.63, 3.8) is 0 Å². The van der Waals surface area contributed by atoms with Crippen LogP contribution in [-0.2, 0) is 0 Å². The van der Waals surface area contributed by atoms with Gasteiger partial charge in [0.05, 0.1) is 7.11 Å². The highest BCUT2D eigenvalue weighted by Crippen LogP contribution is 2.30. The van der Waals surface area contributed by atoms with Crippen LogP contribution < -0.4 is 10.1 Å². The van der Waals surface area contributed by atoms with Crippen molar-refractivity contribution in [1.29, 1.82) is 0 Å². The molecule has 0 heterocycles. The van der Waals surface area contributed by atoms with Crippen LogP contribution in [0.4, 0.5) is 5.69 Å². The number of thioether (sulfide) groups is 1. The van der Waals surface area contributed by atoms with Gasteiger partial charge in [0, 0.05) is 22.4 Å². The molecule has 0 bridgehead atoms. The Kier molecular flexibility index (Phi) is 5.76.